The van der Waals surface area contributed by atoms with E-state index in [9.17, 15) is 10.1 Å². The molecular weight excluding hydrogens is 414 g/mol. The number of nitrogens with two attached hydrogens (primary N) is 1. The summed E-state index contributed by atoms with van der Waals surface area (Å²) < 4.78 is 1.79. The van der Waals surface area contributed by atoms with Crippen molar-refractivity contribution in [3.8, 4) is 17.3 Å². The maximum absolute atomic E-state index is 12.6. The van der Waals surface area contributed by atoms with Gasteiger partial charge in [0.25, 0.3) is 0 Å². The Kier molecular flexibility index (Phi) is 7.34. The third-order valence-corrected chi connectivity index (χ3v) is 5.34. The summed E-state index contributed by atoms with van der Waals surface area (Å²) in [4.78, 5) is 18.2. The van der Waals surface area contributed by atoms with Crippen LogP contribution in [0.15, 0.2) is 55.0 Å². The van der Waals surface area contributed by atoms with E-state index in [0.717, 1.165) is 35.2 Å². The molecule has 8 nitrogen and oxygen atoms in total. The van der Waals surface area contributed by atoms with Gasteiger partial charge in [-0.2, -0.15) is 5.26 Å². The number of hydrogen-bond donors (Lipinski definition) is 1. The molecule has 3 heterocycles. The van der Waals surface area contributed by atoms with Crippen LogP contribution < -0.4 is 5.73 Å². The number of hydrogen-bond acceptors (Lipinski definition) is 6. The van der Waals surface area contributed by atoms with Gasteiger partial charge in [0.1, 0.15) is 11.7 Å². The standard InChI is InChI=1S/C22H23N7O.ClH/c23-13-19-2-1-11-29(19)22(30)20(24)12-16-3-5-18(6-4-16)21-15-28(27-26-21)14-17-7-9-25-10-8-17;/h3-10,15,19-20H,1-2,11-12,14,24H2;1H/t19-,20-;/m0./s1. The van der Waals surface area contributed by atoms with E-state index in [0.29, 0.717) is 19.5 Å². The molecule has 1 saturated heterocycles. The maximum Gasteiger partial charge on any atom is 0.240 e. The van der Waals surface area contributed by atoms with E-state index >= 15 is 0 Å². The van der Waals surface area contributed by atoms with Crippen molar-refractivity contribution in [2.45, 2.75) is 37.9 Å². The number of likely N-dealkylation sites (tertiary alicyclic amines) is 1. The fraction of sp³-hybridized carbons (Fsp3) is 0.318. The Balaban J connectivity index is 0.00000272. The SMILES string of the molecule is Cl.N#C[C@@H]1CCCN1C(=O)[C@@H](N)Cc1ccc(-c2cn(Cc3ccncc3)nn2)cc1. The van der Waals surface area contributed by atoms with E-state index in [-0.39, 0.29) is 24.4 Å². The molecule has 1 aliphatic rings. The summed E-state index contributed by atoms with van der Waals surface area (Å²) in [6.45, 7) is 1.24. The van der Waals surface area contributed by atoms with E-state index in [1.54, 1.807) is 22.0 Å². The molecule has 0 saturated carbocycles. The van der Waals surface area contributed by atoms with Gasteiger partial charge in [0.2, 0.25) is 5.91 Å². The molecular formula is C22H24ClN7O. The zero-order valence-electron chi connectivity index (χ0n) is 17.0. The number of nitrogens with zero attached hydrogens (tertiary/aromatic N) is 6. The molecule has 3 aromatic rings. The molecule has 9 heteroatoms. The van der Waals surface area contributed by atoms with Crippen LogP contribution >= 0.6 is 12.4 Å². The van der Waals surface area contributed by atoms with Gasteiger partial charge in [-0.3, -0.25) is 9.78 Å². The summed E-state index contributed by atoms with van der Waals surface area (Å²) in [5.41, 5.74) is 9.94. The summed E-state index contributed by atoms with van der Waals surface area (Å²) >= 11 is 0. The molecule has 0 unspecified atom stereocenters. The van der Waals surface area contributed by atoms with Crippen LogP contribution in [0, 0.1) is 11.3 Å². The van der Waals surface area contributed by atoms with Crippen LogP contribution in [0.4, 0.5) is 0 Å². The molecule has 160 valence electrons. The van der Waals surface area contributed by atoms with Gasteiger partial charge in [0.05, 0.1) is 24.9 Å². The Morgan fingerprint density at radius 2 is 1.94 bits per heavy atom. The minimum Gasteiger partial charge on any atom is -0.325 e. The molecule has 1 fully saturated rings. The van der Waals surface area contributed by atoms with Crippen LogP contribution in [0.25, 0.3) is 11.3 Å². The topological polar surface area (TPSA) is 114 Å². The number of carbonyl (C=O) groups is 1. The highest BCUT2D eigenvalue weighted by atomic mass is 35.5. The minimum atomic E-state index is -0.647. The van der Waals surface area contributed by atoms with E-state index < -0.39 is 6.04 Å². The molecule has 1 aliphatic heterocycles. The third-order valence-electron chi connectivity index (χ3n) is 5.34. The van der Waals surface area contributed by atoms with Crippen molar-refractivity contribution < 1.29 is 4.79 Å². The Morgan fingerprint density at radius 1 is 1.19 bits per heavy atom. The van der Waals surface area contributed by atoms with Crippen molar-refractivity contribution in [1.29, 1.82) is 5.26 Å². The van der Waals surface area contributed by atoms with E-state index in [4.69, 9.17) is 5.73 Å². The van der Waals surface area contributed by atoms with Gasteiger partial charge in [0.15, 0.2) is 0 Å². The molecule has 2 aromatic heterocycles. The van der Waals surface area contributed by atoms with E-state index in [1.807, 2.05) is 42.6 Å². The Morgan fingerprint density at radius 3 is 2.65 bits per heavy atom. The minimum absolute atomic E-state index is 0. The van der Waals surface area contributed by atoms with Gasteiger partial charge in [-0.05, 0) is 42.5 Å². The number of pyridine rings is 1. The smallest absolute Gasteiger partial charge is 0.240 e. The second-order valence-corrected chi connectivity index (χ2v) is 7.48. The van der Waals surface area contributed by atoms with Crippen molar-refractivity contribution in [1.82, 2.24) is 24.9 Å². The van der Waals surface area contributed by atoms with Crippen LogP contribution in [0.5, 0.6) is 0 Å². The lowest BCUT2D eigenvalue weighted by atomic mass is 10.0. The van der Waals surface area contributed by atoms with Crippen molar-refractivity contribution >= 4 is 18.3 Å². The second kappa shape index (κ2) is 10.2. The van der Waals surface area contributed by atoms with Crippen LogP contribution in [-0.2, 0) is 17.8 Å². The van der Waals surface area contributed by atoms with Gasteiger partial charge in [-0.25, -0.2) is 4.68 Å². The molecule has 0 radical (unpaired) electrons. The van der Waals surface area contributed by atoms with Gasteiger partial charge in [-0.1, -0.05) is 29.5 Å². The molecule has 1 aromatic carbocycles. The van der Waals surface area contributed by atoms with Crippen molar-refractivity contribution in [2.75, 3.05) is 6.54 Å². The second-order valence-electron chi connectivity index (χ2n) is 7.48. The predicted molar refractivity (Wildman–Crippen MR) is 118 cm³/mol. The quantitative estimate of drug-likeness (QED) is 0.632. The number of halogens is 1. The zero-order chi connectivity index (χ0) is 20.9. The summed E-state index contributed by atoms with van der Waals surface area (Å²) in [6.07, 6.45) is 7.43. The molecule has 2 N–H and O–H groups in total. The highest BCUT2D eigenvalue weighted by molar-refractivity contribution is 5.85. The largest absolute Gasteiger partial charge is 0.325 e. The Hall–Kier alpha value is -3.28. The van der Waals surface area contributed by atoms with Gasteiger partial charge < -0.3 is 10.6 Å². The fourth-order valence-electron chi connectivity index (χ4n) is 3.71. The monoisotopic (exact) mass is 437 g/mol. The number of benzene rings is 1. The zero-order valence-corrected chi connectivity index (χ0v) is 17.8. The summed E-state index contributed by atoms with van der Waals surface area (Å²) in [5.74, 6) is -0.151. The summed E-state index contributed by atoms with van der Waals surface area (Å²) in [7, 11) is 0. The van der Waals surface area contributed by atoms with Crippen molar-refractivity contribution in [3.05, 3.63) is 66.1 Å². The molecule has 1 amide bonds. The van der Waals surface area contributed by atoms with Crippen molar-refractivity contribution in [3.63, 3.8) is 0 Å². The first kappa shape index (κ1) is 22.4. The van der Waals surface area contributed by atoms with Gasteiger partial charge >= 0.3 is 0 Å². The summed E-state index contributed by atoms with van der Waals surface area (Å²) in [5, 5.41) is 17.6. The van der Waals surface area contributed by atoms with Crippen molar-refractivity contribution in [2.24, 2.45) is 5.73 Å². The number of amides is 1. The number of rotatable bonds is 6. The average molecular weight is 438 g/mol. The number of aromatic nitrogens is 4. The fourth-order valence-corrected chi connectivity index (χ4v) is 3.71. The third kappa shape index (κ3) is 5.26. The first-order valence-corrected chi connectivity index (χ1v) is 9.98. The highest BCUT2D eigenvalue weighted by Crippen LogP contribution is 2.20. The molecule has 0 bridgehead atoms. The maximum atomic E-state index is 12.6. The Bertz CT molecular complexity index is 1050. The van der Waals surface area contributed by atoms with Gasteiger partial charge in [-0.15, -0.1) is 17.5 Å². The molecule has 0 aliphatic carbocycles. The summed E-state index contributed by atoms with van der Waals surface area (Å²) in [6, 6.07) is 12.9. The highest BCUT2D eigenvalue weighted by Gasteiger charge is 2.31. The molecule has 31 heavy (non-hydrogen) atoms. The van der Waals surface area contributed by atoms with E-state index in [2.05, 4.69) is 21.4 Å². The lowest BCUT2D eigenvalue weighted by Gasteiger charge is -2.23. The van der Waals surface area contributed by atoms with Crippen LogP contribution in [0.3, 0.4) is 0 Å². The lowest BCUT2D eigenvalue weighted by molar-refractivity contribution is -0.132. The lowest BCUT2D eigenvalue weighted by Crippen LogP contribution is -2.46. The van der Waals surface area contributed by atoms with Crippen LogP contribution in [0.2, 0.25) is 0 Å². The van der Waals surface area contributed by atoms with E-state index in [1.165, 1.54) is 0 Å². The Labute approximate surface area is 187 Å². The van der Waals surface area contributed by atoms with Crippen LogP contribution in [0.1, 0.15) is 24.0 Å². The first-order valence-electron chi connectivity index (χ1n) is 9.98. The molecule has 4 rings (SSSR count). The predicted octanol–water partition coefficient (Wildman–Crippen LogP) is 2.19. The molecule has 0 spiro atoms. The van der Waals surface area contributed by atoms with Crippen LogP contribution in [-0.4, -0.2) is 49.4 Å². The average Bonchev–Trinajstić information content (AvgIpc) is 3.44. The molecule has 2 atom stereocenters. The first-order chi connectivity index (χ1) is 14.6. The number of carbonyl (C=O) groups excluding carboxylic acids is 1. The van der Waals surface area contributed by atoms with Gasteiger partial charge in [0, 0.05) is 24.5 Å². The number of nitriles is 1. The normalized spacial score (nSPS) is 16.4.